The molecule has 0 aromatic heterocycles. The molecule has 2 bridgehead atoms. The van der Waals surface area contributed by atoms with E-state index < -0.39 is 5.79 Å². The number of hydrogen-bond acceptors (Lipinski definition) is 5. The summed E-state index contributed by atoms with van der Waals surface area (Å²) in [6, 6.07) is 1.49. The quantitative estimate of drug-likeness (QED) is 0.760. The molecule has 2 fully saturated rings. The molecule has 142 valence electrons. The summed E-state index contributed by atoms with van der Waals surface area (Å²) in [5, 5.41) is 21.4. The third kappa shape index (κ3) is 2.43. The number of ketones is 1. The second-order valence-corrected chi connectivity index (χ2v) is 8.97. The normalized spacial score (nSPS) is 31.7. The van der Waals surface area contributed by atoms with Gasteiger partial charge in [0, 0.05) is 35.8 Å². The maximum atomic E-state index is 12.5. The van der Waals surface area contributed by atoms with Gasteiger partial charge in [0.05, 0.1) is 5.60 Å². The number of phenolic OH excluding ortho intramolecular Hbond substituents is 2. The highest BCUT2D eigenvalue weighted by atomic mass is 16.7. The molecule has 0 amide bonds. The Kier molecular flexibility index (Phi) is 3.82. The summed E-state index contributed by atoms with van der Waals surface area (Å²) >= 11 is 0. The Morgan fingerprint density at radius 1 is 1.23 bits per heavy atom. The van der Waals surface area contributed by atoms with E-state index in [0.717, 1.165) is 32.1 Å². The lowest BCUT2D eigenvalue weighted by molar-refractivity contribution is -0.315. The van der Waals surface area contributed by atoms with E-state index in [0.29, 0.717) is 11.3 Å². The van der Waals surface area contributed by atoms with Crippen LogP contribution in [0, 0.1) is 11.8 Å². The van der Waals surface area contributed by atoms with E-state index in [1.165, 1.54) is 6.07 Å². The first kappa shape index (κ1) is 17.7. The van der Waals surface area contributed by atoms with Crippen LogP contribution in [-0.4, -0.2) is 27.4 Å². The molecule has 3 unspecified atom stereocenters. The first-order valence-electron chi connectivity index (χ1n) is 9.67. The Morgan fingerprint density at radius 3 is 2.65 bits per heavy atom. The molecule has 1 aliphatic carbocycles. The number of fused-ring (bicyclic) bond motifs is 2. The number of benzene rings is 1. The summed E-state index contributed by atoms with van der Waals surface area (Å²) in [7, 11) is 0. The summed E-state index contributed by atoms with van der Waals surface area (Å²) in [6.07, 6.45) is 4.59. The highest BCUT2D eigenvalue weighted by Gasteiger charge is 2.58. The van der Waals surface area contributed by atoms with Gasteiger partial charge in [0.15, 0.2) is 5.78 Å². The number of hydrogen-bond donors (Lipinski definition) is 2. The lowest BCUT2D eigenvalue weighted by Crippen LogP contribution is -2.60. The number of carbonyl (C=O) groups is 1. The van der Waals surface area contributed by atoms with Crippen LogP contribution in [0.1, 0.15) is 81.6 Å². The van der Waals surface area contributed by atoms with E-state index in [9.17, 15) is 15.0 Å². The van der Waals surface area contributed by atoms with Crippen molar-refractivity contribution in [3.8, 4) is 17.2 Å². The van der Waals surface area contributed by atoms with Crippen molar-refractivity contribution in [2.75, 3.05) is 0 Å². The van der Waals surface area contributed by atoms with Crippen molar-refractivity contribution in [3.05, 3.63) is 17.2 Å². The van der Waals surface area contributed by atoms with Crippen LogP contribution >= 0.6 is 0 Å². The van der Waals surface area contributed by atoms with Gasteiger partial charge in [0.2, 0.25) is 5.79 Å². The Hall–Kier alpha value is -1.75. The van der Waals surface area contributed by atoms with Crippen LogP contribution in [0.3, 0.4) is 0 Å². The van der Waals surface area contributed by atoms with Crippen LogP contribution in [0.15, 0.2) is 6.07 Å². The van der Waals surface area contributed by atoms with Gasteiger partial charge in [-0.15, -0.1) is 0 Å². The summed E-state index contributed by atoms with van der Waals surface area (Å²) < 4.78 is 12.8. The maximum Gasteiger partial charge on any atom is 0.214 e. The minimum atomic E-state index is -0.694. The zero-order valence-corrected chi connectivity index (χ0v) is 16.0. The molecule has 2 N–H and O–H groups in total. The summed E-state index contributed by atoms with van der Waals surface area (Å²) in [5.74, 6) is -0.877. The smallest absolute Gasteiger partial charge is 0.214 e. The lowest BCUT2D eigenvalue weighted by atomic mass is 9.65. The predicted octanol–water partition coefficient (Wildman–Crippen LogP) is 4.50. The van der Waals surface area contributed by atoms with Crippen molar-refractivity contribution in [2.45, 2.75) is 77.1 Å². The molecular formula is C21H28O5. The van der Waals surface area contributed by atoms with Crippen LogP contribution in [0.5, 0.6) is 17.2 Å². The van der Waals surface area contributed by atoms with E-state index in [1.807, 2.05) is 0 Å². The molecular weight excluding hydrogens is 332 g/mol. The molecule has 2 heterocycles. The van der Waals surface area contributed by atoms with Crippen molar-refractivity contribution >= 4 is 5.78 Å². The molecule has 1 saturated carbocycles. The Morgan fingerprint density at radius 2 is 1.96 bits per heavy atom. The van der Waals surface area contributed by atoms with Crippen LogP contribution < -0.4 is 4.74 Å². The summed E-state index contributed by atoms with van der Waals surface area (Å²) in [6.45, 7) is 7.69. The molecule has 4 rings (SSSR count). The molecule has 2 aliphatic heterocycles. The first-order valence-corrected chi connectivity index (χ1v) is 9.67. The summed E-state index contributed by atoms with van der Waals surface area (Å²) in [4.78, 5) is 12.5. The fraction of sp³-hybridized carbons (Fsp3) is 0.667. The second-order valence-electron chi connectivity index (χ2n) is 8.97. The Balaban J connectivity index is 1.86. The van der Waals surface area contributed by atoms with Gasteiger partial charge in [0.25, 0.3) is 0 Å². The maximum absolute atomic E-state index is 12.5. The molecule has 26 heavy (non-hydrogen) atoms. The second kappa shape index (κ2) is 5.62. The Bertz CT molecular complexity index is 766. The number of ether oxygens (including phenoxy) is 2. The molecule has 3 atom stereocenters. The molecule has 1 saturated heterocycles. The number of Topliss-reactive ketones (excluding diaryl/α,β-unsaturated/α-hetero) is 1. The van der Waals surface area contributed by atoms with Crippen molar-refractivity contribution in [2.24, 2.45) is 11.8 Å². The molecule has 5 nitrogen and oxygen atoms in total. The third-order valence-electron chi connectivity index (χ3n) is 6.30. The molecule has 0 radical (unpaired) electrons. The van der Waals surface area contributed by atoms with Gasteiger partial charge < -0.3 is 19.7 Å². The summed E-state index contributed by atoms with van der Waals surface area (Å²) in [5.41, 5.74) is 0.445. The van der Waals surface area contributed by atoms with E-state index in [4.69, 9.17) is 9.47 Å². The van der Waals surface area contributed by atoms with Crippen molar-refractivity contribution in [1.82, 2.24) is 0 Å². The monoisotopic (exact) mass is 360 g/mol. The highest BCUT2D eigenvalue weighted by Crippen LogP contribution is 2.61. The van der Waals surface area contributed by atoms with Gasteiger partial charge in [0.1, 0.15) is 22.8 Å². The minimum absolute atomic E-state index is 0.0254. The van der Waals surface area contributed by atoms with Gasteiger partial charge in [-0.25, -0.2) is 0 Å². The van der Waals surface area contributed by atoms with E-state index in [1.54, 1.807) is 13.8 Å². The van der Waals surface area contributed by atoms with Crippen LogP contribution in [-0.2, 0) is 4.74 Å². The van der Waals surface area contributed by atoms with E-state index in [2.05, 4.69) is 13.8 Å². The first-order chi connectivity index (χ1) is 12.2. The highest BCUT2D eigenvalue weighted by molar-refractivity contribution is 6.03. The average Bonchev–Trinajstić information content (AvgIpc) is 2.51. The van der Waals surface area contributed by atoms with Crippen molar-refractivity contribution in [1.29, 1.82) is 0 Å². The van der Waals surface area contributed by atoms with Crippen LogP contribution in [0.2, 0.25) is 0 Å². The van der Waals surface area contributed by atoms with Crippen molar-refractivity contribution < 1.29 is 24.5 Å². The van der Waals surface area contributed by atoms with E-state index in [-0.39, 0.29) is 46.2 Å². The Labute approximate surface area is 154 Å². The third-order valence-corrected chi connectivity index (χ3v) is 6.30. The zero-order chi connectivity index (χ0) is 18.9. The molecule has 3 aliphatic rings. The van der Waals surface area contributed by atoms with Gasteiger partial charge in [-0.2, -0.15) is 0 Å². The van der Waals surface area contributed by atoms with Crippen LogP contribution in [0.25, 0.3) is 0 Å². The van der Waals surface area contributed by atoms with Gasteiger partial charge in [-0.1, -0.05) is 13.8 Å². The van der Waals surface area contributed by atoms with Gasteiger partial charge in [-0.3, -0.25) is 4.79 Å². The average molecular weight is 360 g/mol. The fourth-order valence-electron chi connectivity index (χ4n) is 5.13. The molecule has 1 aromatic rings. The van der Waals surface area contributed by atoms with Gasteiger partial charge in [-0.05, 0) is 39.5 Å². The lowest BCUT2D eigenvalue weighted by Gasteiger charge is -2.57. The van der Waals surface area contributed by atoms with Crippen LogP contribution in [0.4, 0.5) is 0 Å². The number of rotatable bonds is 2. The van der Waals surface area contributed by atoms with E-state index >= 15 is 0 Å². The van der Waals surface area contributed by atoms with Crippen molar-refractivity contribution in [3.63, 3.8) is 0 Å². The molecule has 0 spiro atoms. The van der Waals surface area contributed by atoms with Gasteiger partial charge >= 0.3 is 0 Å². The fourth-order valence-corrected chi connectivity index (χ4v) is 5.13. The number of carbonyl (C=O) groups excluding carboxylic acids is 1. The molecule has 5 heteroatoms. The largest absolute Gasteiger partial charge is 0.507 e. The standard InChI is InChI=1S/C21H28O5/c1-11(2)18(23)17-14(22)10-15-16(19(17)24)12-6-5-8-21(25-15)13(12)7-9-20(3,4)26-21/h10-13,22,24H,5-9H2,1-4H3. The SMILES string of the molecule is CC(C)C(=O)c1c(O)cc2c(c1O)C1CCCC3(O2)OC(C)(C)CCC13. The number of phenols is 2. The topological polar surface area (TPSA) is 76.0 Å². The molecule has 1 aromatic carbocycles. The zero-order valence-electron chi connectivity index (χ0n) is 16.0. The predicted molar refractivity (Wildman–Crippen MR) is 96.8 cm³/mol. The number of aromatic hydroxyl groups is 2. The minimum Gasteiger partial charge on any atom is -0.507 e.